The molecule has 1 N–H and O–H groups in total. The molecule has 0 heterocycles. The van der Waals surface area contributed by atoms with Gasteiger partial charge in [0.15, 0.2) is 0 Å². The number of carbonyl (C=O) groups is 2. The van der Waals surface area contributed by atoms with E-state index < -0.39 is 0 Å². The third kappa shape index (κ3) is 6.14. The van der Waals surface area contributed by atoms with Crippen LogP contribution in [0.3, 0.4) is 0 Å². The zero-order chi connectivity index (χ0) is 19.2. The van der Waals surface area contributed by atoms with E-state index in [1.165, 1.54) is 17.3 Å². The van der Waals surface area contributed by atoms with Crippen LogP contribution in [0.2, 0.25) is 0 Å². The van der Waals surface area contributed by atoms with Crippen LogP contribution in [0.15, 0.2) is 48.5 Å². The Kier molecular flexibility index (Phi) is 6.56. The zero-order valence-electron chi connectivity index (χ0n) is 15.9. The molecule has 0 radical (unpaired) electrons. The topological polar surface area (TPSA) is 49.4 Å². The number of nitrogens with one attached hydrogen (secondary N) is 1. The van der Waals surface area contributed by atoms with E-state index in [2.05, 4.69) is 30.4 Å². The summed E-state index contributed by atoms with van der Waals surface area (Å²) < 4.78 is 0. The lowest BCUT2D eigenvalue weighted by Crippen LogP contribution is -2.34. The van der Waals surface area contributed by atoms with Crippen molar-refractivity contribution in [2.24, 2.45) is 0 Å². The summed E-state index contributed by atoms with van der Waals surface area (Å²) in [6, 6.07) is 16.4. The van der Waals surface area contributed by atoms with Crippen LogP contribution in [0.1, 0.15) is 29.5 Å². The van der Waals surface area contributed by atoms with Gasteiger partial charge < -0.3 is 10.2 Å². The molecule has 142 valence electrons. The molecule has 27 heavy (non-hydrogen) atoms. The normalized spacial score (nSPS) is 13.3. The van der Waals surface area contributed by atoms with Crippen LogP contribution in [0.25, 0.3) is 0 Å². The highest BCUT2D eigenvalue weighted by Crippen LogP contribution is 2.29. The van der Waals surface area contributed by atoms with E-state index in [4.69, 9.17) is 0 Å². The van der Waals surface area contributed by atoms with E-state index in [-0.39, 0.29) is 17.6 Å². The maximum Gasteiger partial charge on any atom is 0.234 e. The van der Waals surface area contributed by atoms with Crippen molar-refractivity contribution < 1.29 is 9.59 Å². The fraction of sp³-hybridized carbons (Fsp3) is 0.364. The lowest BCUT2D eigenvalue weighted by molar-refractivity contribution is -0.129. The molecule has 0 atom stereocenters. The van der Waals surface area contributed by atoms with Crippen LogP contribution in [-0.4, -0.2) is 34.3 Å². The molecule has 2 aromatic rings. The van der Waals surface area contributed by atoms with Crippen molar-refractivity contribution >= 4 is 29.3 Å². The van der Waals surface area contributed by atoms with E-state index in [1.54, 1.807) is 0 Å². The van der Waals surface area contributed by atoms with E-state index in [1.807, 2.05) is 42.2 Å². The minimum absolute atomic E-state index is 0.0756. The van der Waals surface area contributed by atoms with E-state index in [0.717, 1.165) is 29.7 Å². The predicted molar refractivity (Wildman–Crippen MR) is 112 cm³/mol. The highest BCUT2D eigenvalue weighted by molar-refractivity contribution is 8.00. The third-order valence-corrected chi connectivity index (χ3v) is 5.45. The Labute approximate surface area is 165 Å². The minimum Gasteiger partial charge on any atom is -0.335 e. The van der Waals surface area contributed by atoms with Crippen molar-refractivity contribution in [3.63, 3.8) is 0 Å². The number of benzene rings is 2. The molecule has 1 saturated carbocycles. The Morgan fingerprint density at radius 2 is 1.78 bits per heavy atom. The number of aryl methyl sites for hydroxylation is 2. The van der Waals surface area contributed by atoms with Crippen molar-refractivity contribution in [1.29, 1.82) is 0 Å². The molecule has 5 heteroatoms. The summed E-state index contributed by atoms with van der Waals surface area (Å²) in [6.07, 6.45) is 2.16. The monoisotopic (exact) mass is 382 g/mol. The molecule has 0 aromatic heterocycles. The number of thioether (sulfide) groups is 1. The first-order valence-electron chi connectivity index (χ1n) is 9.30. The van der Waals surface area contributed by atoms with Gasteiger partial charge in [0.1, 0.15) is 0 Å². The van der Waals surface area contributed by atoms with Crippen molar-refractivity contribution in [2.45, 2.75) is 39.3 Å². The number of carbonyl (C=O) groups excluding carboxylic acids is 2. The van der Waals surface area contributed by atoms with E-state index in [0.29, 0.717) is 18.3 Å². The first-order valence-corrected chi connectivity index (χ1v) is 10.5. The van der Waals surface area contributed by atoms with Gasteiger partial charge in [-0.25, -0.2) is 0 Å². The molecule has 0 saturated heterocycles. The average molecular weight is 383 g/mol. The molecule has 0 aliphatic heterocycles. The average Bonchev–Trinajstić information content (AvgIpc) is 3.46. The van der Waals surface area contributed by atoms with Crippen LogP contribution >= 0.6 is 11.8 Å². The van der Waals surface area contributed by atoms with Crippen LogP contribution in [0.4, 0.5) is 5.69 Å². The molecule has 1 aliphatic rings. The van der Waals surface area contributed by atoms with Gasteiger partial charge >= 0.3 is 0 Å². The SMILES string of the molecule is Cc1ccc(NC(=O)CSCC(=O)N(Cc2cccc(C)c2)C2CC2)cc1. The van der Waals surface area contributed by atoms with Gasteiger partial charge in [-0.3, -0.25) is 9.59 Å². The lowest BCUT2D eigenvalue weighted by atomic mass is 10.1. The van der Waals surface area contributed by atoms with Crippen LogP contribution in [0.5, 0.6) is 0 Å². The summed E-state index contributed by atoms with van der Waals surface area (Å²) in [5, 5.41) is 2.87. The Morgan fingerprint density at radius 3 is 2.44 bits per heavy atom. The summed E-state index contributed by atoms with van der Waals surface area (Å²) in [5.41, 5.74) is 4.31. The second-order valence-corrected chi connectivity index (χ2v) is 8.13. The van der Waals surface area contributed by atoms with E-state index >= 15 is 0 Å². The zero-order valence-corrected chi connectivity index (χ0v) is 16.7. The summed E-state index contributed by atoms with van der Waals surface area (Å²) in [7, 11) is 0. The molecule has 1 aliphatic carbocycles. The predicted octanol–water partition coefficient (Wildman–Crippen LogP) is 4.17. The quantitative estimate of drug-likeness (QED) is 0.746. The van der Waals surface area contributed by atoms with E-state index in [9.17, 15) is 9.59 Å². The maximum atomic E-state index is 12.7. The summed E-state index contributed by atoms with van der Waals surface area (Å²) >= 11 is 1.38. The van der Waals surface area contributed by atoms with Gasteiger partial charge in [0, 0.05) is 18.3 Å². The molecular formula is C22H26N2O2S. The second kappa shape index (κ2) is 9.09. The fourth-order valence-electron chi connectivity index (χ4n) is 2.96. The Balaban J connectivity index is 1.46. The van der Waals surface area contributed by atoms with Crippen LogP contribution in [0, 0.1) is 13.8 Å². The molecule has 3 rings (SSSR count). The molecule has 2 aromatic carbocycles. The lowest BCUT2D eigenvalue weighted by Gasteiger charge is -2.22. The summed E-state index contributed by atoms with van der Waals surface area (Å²) in [6.45, 7) is 4.73. The Morgan fingerprint density at radius 1 is 1.04 bits per heavy atom. The summed E-state index contributed by atoms with van der Waals surface area (Å²) in [5.74, 6) is 0.659. The number of nitrogens with zero attached hydrogens (tertiary/aromatic N) is 1. The molecule has 1 fully saturated rings. The van der Waals surface area contributed by atoms with Gasteiger partial charge in [-0.2, -0.15) is 0 Å². The number of hydrogen-bond donors (Lipinski definition) is 1. The highest BCUT2D eigenvalue weighted by atomic mass is 32.2. The minimum atomic E-state index is -0.0756. The number of anilines is 1. The van der Waals surface area contributed by atoms with Gasteiger partial charge in [0.2, 0.25) is 11.8 Å². The highest BCUT2D eigenvalue weighted by Gasteiger charge is 2.32. The Hall–Kier alpha value is -2.27. The van der Waals surface area contributed by atoms with Gasteiger partial charge in [-0.05, 0) is 44.4 Å². The first kappa shape index (κ1) is 19.5. The smallest absolute Gasteiger partial charge is 0.234 e. The third-order valence-electron chi connectivity index (χ3n) is 4.54. The molecule has 0 spiro atoms. The standard InChI is InChI=1S/C22H26N2O2S/c1-16-6-8-19(9-7-16)23-21(25)14-27-15-22(26)24(20-10-11-20)13-18-5-3-4-17(2)12-18/h3-9,12,20H,10-11,13-15H2,1-2H3,(H,23,25). The fourth-order valence-corrected chi connectivity index (χ4v) is 3.66. The number of rotatable bonds is 8. The van der Waals surface area contributed by atoms with Crippen molar-refractivity contribution in [2.75, 3.05) is 16.8 Å². The number of amides is 2. The molecular weight excluding hydrogens is 356 g/mol. The first-order chi connectivity index (χ1) is 13.0. The van der Waals surface area contributed by atoms with Gasteiger partial charge in [0.05, 0.1) is 11.5 Å². The maximum absolute atomic E-state index is 12.7. The van der Waals surface area contributed by atoms with Crippen molar-refractivity contribution in [3.8, 4) is 0 Å². The molecule has 4 nitrogen and oxygen atoms in total. The van der Waals surface area contributed by atoms with Gasteiger partial charge in [0.25, 0.3) is 0 Å². The van der Waals surface area contributed by atoms with Crippen molar-refractivity contribution in [3.05, 3.63) is 65.2 Å². The number of hydrogen-bond acceptors (Lipinski definition) is 3. The largest absolute Gasteiger partial charge is 0.335 e. The molecule has 0 unspecified atom stereocenters. The molecule has 2 amide bonds. The van der Waals surface area contributed by atoms with Crippen LogP contribution in [-0.2, 0) is 16.1 Å². The van der Waals surface area contributed by atoms with Crippen LogP contribution < -0.4 is 5.32 Å². The second-order valence-electron chi connectivity index (χ2n) is 7.15. The molecule has 0 bridgehead atoms. The van der Waals surface area contributed by atoms with Crippen molar-refractivity contribution in [1.82, 2.24) is 4.90 Å². The van der Waals surface area contributed by atoms with Gasteiger partial charge in [-0.15, -0.1) is 11.8 Å². The van der Waals surface area contributed by atoms with Gasteiger partial charge in [-0.1, -0.05) is 47.5 Å². The summed E-state index contributed by atoms with van der Waals surface area (Å²) in [4.78, 5) is 26.7. The Bertz CT molecular complexity index is 800.